The molecule has 1 aliphatic rings. The van der Waals surface area contributed by atoms with Crippen LogP contribution in [0, 0.1) is 0 Å². The Morgan fingerprint density at radius 3 is 2.50 bits per heavy atom. The Hall–Kier alpha value is -2.18. The number of rotatable bonds is 5. The number of nitrogens with one attached hydrogen (secondary N) is 1. The summed E-state index contributed by atoms with van der Waals surface area (Å²) in [4.78, 5) is 34.5. The van der Waals surface area contributed by atoms with Crippen LogP contribution in [0.3, 0.4) is 0 Å². The molecule has 1 N–H and O–H groups in total. The van der Waals surface area contributed by atoms with Crippen molar-refractivity contribution in [2.45, 2.75) is 13.3 Å². The molecule has 1 fully saturated rings. The van der Waals surface area contributed by atoms with Crippen LogP contribution >= 0.6 is 0 Å². The maximum Gasteiger partial charge on any atom is 0.257 e. The van der Waals surface area contributed by atoms with Crippen LogP contribution in [-0.2, 0) is 4.79 Å². The van der Waals surface area contributed by atoms with Crippen LogP contribution in [0.1, 0.15) is 23.7 Å². The molecule has 0 spiro atoms. The van der Waals surface area contributed by atoms with Crippen molar-refractivity contribution in [3.05, 3.63) is 18.0 Å². The van der Waals surface area contributed by atoms with Gasteiger partial charge in [-0.15, -0.1) is 0 Å². The molecule has 0 unspecified atom stereocenters. The quantitative estimate of drug-likeness (QED) is 0.779. The molecule has 20 heavy (non-hydrogen) atoms. The Bertz CT molecular complexity index is 454. The molecule has 108 valence electrons. The van der Waals surface area contributed by atoms with Gasteiger partial charge in [0.1, 0.15) is 0 Å². The highest BCUT2D eigenvalue weighted by molar-refractivity contribution is 5.93. The van der Waals surface area contributed by atoms with Crippen molar-refractivity contribution in [1.82, 2.24) is 19.8 Å². The average molecular weight is 277 g/mol. The second kappa shape index (κ2) is 6.83. The summed E-state index contributed by atoms with van der Waals surface area (Å²) in [5, 5.41) is 3.06. The first kappa shape index (κ1) is 14.2. The minimum atomic E-state index is -0.0856. The lowest BCUT2D eigenvalue weighted by Crippen LogP contribution is -2.48. The van der Waals surface area contributed by atoms with Crippen molar-refractivity contribution in [1.29, 1.82) is 0 Å². The third-order valence-electron chi connectivity index (χ3n) is 3.18. The minimum absolute atomic E-state index is 0.0856. The minimum Gasteiger partial charge on any atom is -0.354 e. The van der Waals surface area contributed by atoms with E-state index in [0.29, 0.717) is 37.7 Å². The maximum atomic E-state index is 12.2. The van der Waals surface area contributed by atoms with E-state index in [0.717, 1.165) is 19.4 Å². The van der Waals surface area contributed by atoms with Crippen molar-refractivity contribution in [2.75, 3.05) is 38.0 Å². The molecule has 0 bridgehead atoms. The lowest BCUT2D eigenvalue weighted by molar-refractivity contribution is -0.119. The molecule has 7 nitrogen and oxygen atoms in total. The number of anilines is 1. The van der Waals surface area contributed by atoms with Crippen molar-refractivity contribution in [3.63, 3.8) is 0 Å². The number of carbonyl (C=O) groups is 2. The molecule has 1 aromatic rings. The summed E-state index contributed by atoms with van der Waals surface area (Å²) in [6, 6.07) is 0. The highest BCUT2D eigenvalue weighted by Crippen LogP contribution is 2.08. The Labute approximate surface area is 118 Å². The molecule has 7 heteroatoms. The van der Waals surface area contributed by atoms with Crippen LogP contribution in [0.5, 0.6) is 0 Å². The third kappa shape index (κ3) is 3.43. The number of aromatic nitrogens is 2. The average Bonchev–Trinajstić information content (AvgIpc) is 2.53. The van der Waals surface area contributed by atoms with E-state index in [-0.39, 0.29) is 5.91 Å². The summed E-state index contributed by atoms with van der Waals surface area (Å²) in [5.41, 5.74) is 0.478. The highest BCUT2D eigenvalue weighted by Gasteiger charge is 2.21. The molecular formula is C13H19N5O2. The van der Waals surface area contributed by atoms with E-state index < -0.39 is 0 Å². The fraction of sp³-hybridized carbons (Fsp3) is 0.538. The summed E-state index contributed by atoms with van der Waals surface area (Å²) in [6.07, 6.45) is 4.89. The Morgan fingerprint density at radius 1 is 1.30 bits per heavy atom. The number of nitrogens with zero attached hydrogens (tertiary/aromatic N) is 4. The summed E-state index contributed by atoms with van der Waals surface area (Å²) < 4.78 is 0. The summed E-state index contributed by atoms with van der Waals surface area (Å²) >= 11 is 0. The van der Waals surface area contributed by atoms with Crippen molar-refractivity contribution in [2.24, 2.45) is 0 Å². The van der Waals surface area contributed by atoms with Gasteiger partial charge in [-0.05, 0) is 6.42 Å². The van der Waals surface area contributed by atoms with Gasteiger partial charge in [0.05, 0.1) is 5.56 Å². The monoisotopic (exact) mass is 277 g/mol. The van der Waals surface area contributed by atoms with E-state index >= 15 is 0 Å². The van der Waals surface area contributed by atoms with Gasteiger partial charge >= 0.3 is 0 Å². The molecular weight excluding hydrogens is 258 g/mol. The Kier molecular flexibility index (Phi) is 4.86. The van der Waals surface area contributed by atoms with Gasteiger partial charge < -0.3 is 15.1 Å². The highest BCUT2D eigenvalue weighted by atomic mass is 16.2. The number of hydrogen-bond donors (Lipinski definition) is 1. The van der Waals surface area contributed by atoms with Gasteiger partial charge in [-0.2, -0.15) is 0 Å². The van der Waals surface area contributed by atoms with Crippen LogP contribution in [0.25, 0.3) is 0 Å². The van der Waals surface area contributed by atoms with Crippen LogP contribution in [-0.4, -0.2) is 64.8 Å². The van der Waals surface area contributed by atoms with E-state index in [1.54, 1.807) is 22.2 Å². The molecule has 0 aromatic carbocycles. The second-order valence-corrected chi connectivity index (χ2v) is 4.66. The van der Waals surface area contributed by atoms with Gasteiger partial charge in [0.15, 0.2) is 0 Å². The van der Waals surface area contributed by atoms with Gasteiger partial charge in [-0.3, -0.25) is 9.59 Å². The van der Waals surface area contributed by atoms with Crippen molar-refractivity contribution < 1.29 is 9.59 Å². The normalized spacial score (nSPS) is 15.1. The van der Waals surface area contributed by atoms with Gasteiger partial charge in [-0.1, -0.05) is 6.92 Å². The molecule has 2 heterocycles. The molecule has 0 atom stereocenters. The van der Waals surface area contributed by atoms with Crippen LogP contribution < -0.4 is 5.32 Å². The molecule has 1 aromatic heterocycles. The van der Waals surface area contributed by atoms with E-state index in [2.05, 4.69) is 22.2 Å². The van der Waals surface area contributed by atoms with Gasteiger partial charge in [0.25, 0.3) is 5.91 Å². The van der Waals surface area contributed by atoms with Crippen molar-refractivity contribution in [3.8, 4) is 0 Å². The molecule has 1 saturated heterocycles. The molecule has 2 amide bonds. The second-order valence-electron chi connectivity index (χ2n) is 4.66. The zero-order valence-corrected chi connectivity index (χ0v) is 11.6. The Balaban J connectivity index is 1.94. The van der Waals surface area contributed by atoms with Gasteiger partial charge in [0, 0.05) is 45.1 Å². The van der Waals surface area contributed by atoms with Gasteiger partial charge in [0.2, 0.25) is 12.4 Å². The van der Waals surface area contributed by atoms with Crippen molar-refractivity contribution >= 4 is 18.3 Å². The molecule has 0 aliphatic carbocycles. The first-order valence-electron chi connectivity index (χ1n) is 6.79. The zero-order valence-electron chi connectivity index (χ0n) is 11.6. The van der Waals surface area contributed by atoms with E-state index in [9.17, 15) is 9.59 Å². The standard InChI is InChI=1S/C13H19N5O2/c1-2-3-14-13-15-8-11(9-16-13)12(20)18-6-4-17(10-19)5-7-18/h8-10H,2-7H2,1H3,(H,14,15,16). The lowest BCUT2D eigenvalue weighted by Gasteiger charge is -2.32. The largest absolute Gasteiger partial charge is 0.354 e. The first-order valence-corrected chi connectivity index (χ1v) is 6.79. The van der Waals surface area contributed by atoms with Crippen LogP contribution in [0.2, 0.25) is 0 Å². The summed E-state index contributed by atoms with van der Waals surface area (Å²) in [5.74, 6) is 0.451. The fourth-order valence-corrected chi connectivity index (χ4v) is 1.98. The summed E-state index contributed by atoms with van der Waals surface area (Å²) in [7, 11) is 0. The molecule has 1 aliphatic heterocycles. The van der Waals surface area contributed by atoms with Crippen LogP contribution in [0.4, 0.5) is 5.95 Å². The molecule has 0 saturated carbocycles. The fourth-order valence-electron chi connectivity index (χ4n) is 1.98. The van der Waals surface area contributed by atoms with E-state index in [1.807, 2.05) is 0 Å². The number of piperazine rings is 1. The zero-order chi connectivity index (χ0) is 14.4. The number of carbonyl (C=O) groups excluding carboxylic acids is 2. The topological polar surface area (TPSA) is 78.4 Å². The number of hydrogen-bond acceptors (Lipinski definition) is 5. The predicted octanol–water partition coefficient (Wildman–Crippen LogP) is 0.213. The van der Waals surface area contributed by atoms with Gasteiger partial charge in [-0.25, -0.2) is 9.97 Å². The van der Waals surface area contributed by atoms with E-state index in [4.69, 9.17) is 0 Å². The smallest absolute Gasteiger partial charge is 0.257 e. The lowest BCUT2D eigenvalue weighted by atomic mass is 10.2. The maximum absolute atomic E-state index is 12.2. The first-order chi connectivity index (χ1) is 9.74. The summed E-state index contributed by atoms with van der Waals surface area (Å²) in [6.45, 7) is 5.12. The molecule has 2 rings (SSSR count). The van der Waals surface area contributed by atoms with Crippen LogP contribution in [0.15, 0.2) is 12.4 Å². The predicted molar refractivity (Wildman–Crippen MR) is 74.4 cm³/mol. The SMILES string of the molecule is CCCNc1ncc(C(=O)N2CCN(C=O)CC2)cn1. The third-order valence-corrected chi connectivity index (χ3v) is 3.18. The molecule has 0 radical (unpaired) electrons. The van der Waals surface area contributed by atoms with E-state index in [1.165, 1.54) is 0 Å². The number of amides is 2. The Morgan fingerprint density at radius 2 is 1.95 bits per heavy atom.